The Balaban J connectivity index is 1.72. The Hall–Kier alpha value is -2.40. The molecule has 0 saturated carbocycles. The molecule has 0 aliphatic carbocycles. The molecule has 0 bridgehead atoms. The van der Waals surface area contributed by atoms with Crippen LogP contribution in [0.3, 0.4) is 0 Å². The summed E-state index contributed by atoms with van der Waals surface area (Å²) in [5, 5.41) is 5.84. The van der Waals surface area contributed by atoms with Crippen LogP contribution in [-0.2, 0) is 0 Å². The van der Waals surface area contributed by atoms with Gasteiger partial charge >= 0.3 is 6.03 Å². The van der Waals surface area contributed by atoms with Crippen LogP contribution in [0.15, 0.2) is 42.5 Å². The minimum Gasteiger partial charge on any atom is -0.495 e. The molecule has 2 N–H and O–H groups in total. The van der Waals surface area contributed by atoms with E-state index in [2.05, 4.69) is 10.6 Å². The average Bonchev–Trinajstić information content (AvgIpc) is 2.53. The van der Waals surface area contributed by atoms with Gasteiger partial charge in [0.05, 0.1) is 18.7 Å². The number of halogens is 1. The van der Waals surface area contributed by atoms with Gasteiger partial charge in [-0.15, -0.1) is 0 Å². The lowest BCUT2D eigenvalue weighted by Gasteiger charge is -2.10. The minimum absolute atomic E-state index is 0.321. The van der Waals surface area contributed by atoms with E-state index in [1.165, 1.54) is 12.7 Å². The van der Waals surface area contributed by atoms with Crippen molar-refractivity contribution in [3.05, 3.63) is 53.1 Å². The predicted molar refractivity (Wildman–Crippen MR) is 91.7 cm³/mol. The maximum absolute atomic E-state index is 11.8. The van der Waals surface area contributed by atoms with Crippen molar-refractivity contribution in [3.63, 3.8) is 0 Å². The largest absolute Gasteiger partial charge is 0.495 e. The molecule has 0 spiro atoms. The molecule has 122 valence electrons. The maximum Gasteiger partial charge on any atom is 0.319 e. The number of aryl methyl sites for hydroxylation is 1. The van der Waals surface area contributed by atoms with Gasteiger partial charge in [-0.2, -0.15) is 0 Å². The first kappa shape index (κ1) is 17.0. The lowest BCUT2D eigenvalue weighted by molar-refractivity contribution is 0.247. The highest BCUT2D eigenvalue weighted by Crippen LogP contribution is 2.27. The summed E-state index contributed by atoms with van der Waals surface area (Å²) in [5.41, 5.74) is 1.76. The molecular formula is C17H19ClN2O3. The molecule has 2 aromatic carbocycles. The van der Waals surface area contributed by atoms with E-state index < -0.39 is 0 Å². The highest BCUT2D eigenvalue weighted by Gasteiger charge is 2.05. The third-order valence-corrected chi connectivity index (χ3v) is 3.38. The second-order valence-corrected chi connectivity index (χ2v) is 5.30. The molecule has 0 atom stereocenters. The van der Waals surface area contributed by atoms with Crippen LogP contribution in [0.5, 0.6) is 11.5 Å². The summed E-state index contributed by atoms with van der Waals surface area (Å²) in [5.74, 6) is 1.34. The third kappa shape index (κ3) is 5.38. The number of benzene rings is 2. The molecular weight excluding hydrogens is 316 g/mol. The van der Waals surface area contributed by atoms with Gasteiger partial charge in [-0.05, 0) is 37.3 Å². The van der Waals surface area contributed by atoms with Gasteiger partial charge in [-0.1, -0.05) is 29.3 Å². The van der Waals surface area contributed by atoms with Crippen molar-refractivity contribution in [2.24, 2.45) is 0 Å². The second-order valence-electron chi connectivity index (χ2n) is 4.89. The van der Waals surface area contributed by atoms with Gasteiger partial charge in [0.15, 0.2) is 0 Å². The monoisotopic (exact) mass is 334 g/mol. The number of hydrogen-bond acceptors (Lipinski definition) is 3. The van der Waals surface area contributed by atoms with Gasteiger partial charge in [0.1, 0.15) is 18.1 Å². The zero-order valence-electron chi connectivity index (χ0n) is 13.1. The summed E-state index contributed by atoms with van der Waals surface area (Å²) in [6.07, 6.45) is 0. The molecule has 23 heavy (non-hydrogen) atoms. The predicted octanol–water partition coefficient (Wildman–Crippen LogP) is 3.86. The fraction of sp³-hybridized carbons (Fsp3) is 0.235. The first-order chi connectivity index (χ1) is 11.1. The van der Waals surface area contributed by atoms with Crippen LogP contribution in [0.2, 0.25) is 5.02 Å². The summed E-state index contributed by atoms with van der Waals surface area (Å²) in [6, 6.07) is 12.5. The zero-order chi connectivity index (χ0) is 16.7. The van der Waals surface area contributed by atoms with Crippen LogP contribution in [0.4, 0.5) is 10.5 Å². The van der Waals surface area contributed by atoms with Crippen molar-refractivity contribution in [2.45, 2.75) is 6.92 Å². The number of amides is 2. The molecule has 6 heteroatoms. The molecule has 0 radical (unpaired) electrons. The van der Waals surface area contributed by atoms with Gasteiger partial charge in [0.2, 0.25) is 0 Å². The number of methoxy groups -OCH3 is 1. The quantitative estimate of drug-likeness (QED) is 0.789. The topological polar surface area (TPSA) is 59.6 Å². The number of urea groups is 1. The molecule has 0 fully saturated rings. The van der Waals surface area contributed by atoms with Gasteiger partial charge in [0, 0.05) is 5.69 Å². The zero-order valence-corrected chi connectivity index (χ0v) is 13.8. The number of anilines is 1. The third-order valence-electron chi connectivity index (χ3n) is 3.09. The number of rotatable bonds is 6. The van der Waals surface area contributed by atoms with E-state index in [0.717, 1.165) is 5.75 Å². The number of carbonyl (C=O) groups excluding carboxylic acids is 1. The molecule has 0 unspecified atom stereocenters. The second kappa shape index (κ2) is 8.29. The van der Waals surface area contributed by atoms with E-state index in [-0.39, 0.29) is 6.03 Å². The van der Waals surface area contributed by atoms with E-state index in [1.54, 1.807) is 18.2 Å². The van der Waals surface area contributed by atoms with Crippen molar-refractivity contribution in [1.29, 1.82) is 0 Å². The number of ether oxygens (including phenoxy) is 2. The highest BCUT2D eigenvalue weighted by atomic mass is 35.5. The minimum atomic E-state index is -0.321. The van der Waals surface area contributed by atoms with Crippen molar-refractivity contribution in [3.8, 4) is 11.5 Å². The molecule has 0 heterocycles. The molecule has 2 rings (SSSR count). The van der Waals surface area contributed by atoms with E-state index in [4.69, 9.17) is 21.1 Å². The van der Waals surface area contributed by atoms with E-state index in [0.29, 0.717) is 29.6 Å². The fourth-order valence-electron chi connectivity index (χ4n) is 1.89. The van der Waals surface area contributed by atoms with Crippen LogP contribution < -0.4 is 20.1 Å². The molecule has 0 saturated heterocycles. The van der Waals surface area contributed by atoms with Crippen molar-refractivity contribution in [2.75, 3.05) is 25.6 Å². The van der Waals surface area contributed by atoms with Crippen LogP contribution in [0.25, 0.3) is 0 Å². The Morgan fingerprint density at radius 1 is 1.17 bits per heavy atom. The average molecular weight is 335 g/mol. The van der Waals surface area contributed by atoms with Crippen molar-refractivity contribution >= 4 is 23.3 Å². The first-order valence-corrected chi connectivity index (χ1v) is 7.54. The molecule has 0 aromatic heterocycles. The lowest BCUT2D eigenvalue weighted by Crippen LogP contribution is -2.32. The molecule has 2 amide bonds. The Morgan fingerprint density at radius 3 is 2.57 bits per heavy atom. The lowest BCUT2D eigenvalue weighted by atomic mass is 10.2. The summed E-state index contributed by atoms with van der Waals surface area (Å²) >= 11 is 6.00. The van der Waals surface area contributed by atoms with Gasteiger partial charge in [-0.3, -0.25) is 0 Å². The Labute approximate surface area is 140 Å². The first-order valence-electron chi connectivity index (χ1n) is 7.16. The van der Waals surface area contributed by atoms with Crippen LogP contribution >= 0.6 is 11.6 Å². The smallest absolute Gasteiger partial charge is 0.319 e. The Morgan fingerprint density at radius 2 is 1.91 bits per heavy atom. The van der Waals surface area contributed by atoms with Crippen LogP contribution in [0.1, 0.15) is 5.56 Å². The number of carbonyl (C=O) groups is 1. The molecule has 2 aromatic rings. The van der Waals surface area contributed by atoms with E-state index in [1.807, 2.05) is 31.2 Å². The molecule has 0 aliphatic heterocycles. The standard InChI is InChI=1S/C17H19ClN2O3/c1-12-3-6-14(7-4-12)23-10-9-19-17(21)20-13-5-8-16(22-2)15(18)11-13/h3-8,11H,9-10H2,1-2H3,(H2,19,20,21). The van der Waals surface area contributed by atoms with E-state index >= 15 is 0 Å². The van der Waals surface area contributed by atoms with Crippen LogP contribution in [0, 0.1) is 6.92 Å². The summed E-state index contributed by atoms with van der Waals surface area (Å²) in [7, 11) is 1.54. The Kier molecular flexibility index (Phi) is 6.11. The SMILES string of the molecule is COc1ccc(NC(=O)NCCOc2ccc(C)cc2)cc1Cl. The Bertz CT molecular complexity index is 659. The fourth-order valence-corrected chi connectivity index (χ4v) is 2.15. The number of hydrogen-bond donors (Lipinski definition) is 2. The normalized spacial score (nSPS) is 10.0. The summed E-state index contributed by atoms with van der Waals surface area (Å²) in [4.78, 5) is 11.8. The van der Waals surface area contributed by atoms with Crippen molar-refractivity contribution < 1.29 is 14.3 Å². The summed E-state index contributed by atoms with van der Waals surface area (Å²) < 4.78 is 10.6. The van der Waals surface area contributed by atoms with E-state index in [9.17, 15) is 4.79 Å². The maximum atomic E-state index is 11.8. The van der Waals surface area contributed by atoms with Gasteiger partial charge in [0.25, 0.3) is 0 Å². The summed E-state index contributed by atoms with van der Waals surface area (Å²) in [6.45, 7) is 2.80. The number of nitrogens with one attached hydrogen (secondary N) is 2. The molecule has 5 nitrogen and oxygen atoms in total. The highest BCUT2D eigenvalue weighted by molar-refractivity contribution is 6.32. The van der Waals surface area contributed by atoms with Gasteiger partial charge < -0.3 is 20.1 Å². The molecule has 0 aliphatic rings. The van der Waals surface area contributed by atoms with Gasteiger partial charge in [-0.25, -0.2) is 4.79 Å². The van der Waals surface area contributed by atoms with Crippen LogP contribution in [-0.4, -0.2) is 26.3 Å². The van der Waals surface area contributed by atoms with Crippen molar-refractivity contribution in [1.82, 2.24) is 5.32 Å².